The lowest BCUT2D eigenvalue weighted by molar-refractivity contribution is -0.150. The SMILES string of the molecule is O=C([C@H]1CCCO1)N1CCNCC12CCCCC2. The Hall–Kier alpha value is -0.610. The third-order valence-corrected chi connectivity index (χ3v) is 4.79. The lowest BCUT2D eigenvalue weighted by Crippen LogP contribution is -2.65. The molecule has 3 fully saturated rings. The van der Waals surface area contributed by atoms with Crippen LogP contribution in [0, 0.1) is 0 Å². The predicted molar refractivity (Wildman–Crippen MR) is 69.4 cm³/mol. The maximum Gasteiger partial charge on any atom is 0.252 e. The van der Waals surface area contributed by atoms with Crippen LogP contribution in [0.2, 0.25) is 0 Å². The van der Waals surface area contributed by atoms with Crippen molar-refractivity contribution in [3.63, 3.8) is 0 Å². The summed E-state index contributed by atoms with van der Waals surface area (Å²) >= 11 is 0. The lowest BCUT2D eigenvalue weighted by atomic mass is 9.78. The highest BCUT2D eigenvalue weighted by Crippen LogP contribution is 2.35. The Morgan fingerprint density at radius 3 is 2.78 bits per heavy atom. The van der Waals surface area contributed by atoms with Crippen LogP contribution in [-0.2, 0) is 9.53 Å². The van der Waals surface area contributed by atoms with Gasteiger partial charge >= 0.3 is 0 Å². The number of carbonyl (C=O) groups is 1. The third-order valence-electron chi connectivity index (χ3n) is 4.79. The minimum atomic E-state index is -0.151. The zero-order valence-electron chi connectivity index (χ0n) is 11.1. The van der Waals surface area contributed by atoms with Gasteiger partial charge in [0.1, 0.15) is 6.10 Å². The first-order chi connectivity index (χ1) is 8.82. The number of piperazine rings is 1. The normalized spacial score (nSPS) is 31.8. The molecular formula is C14H24N2O2. The lowest BCUT2D eigenvalue weighted by Gasteiger charge is -2.50. The zero-order valence-corrected chi connectivity index (χ0v) is 11.1. The highest BCUT2D eigenvalue weighted by molar-refractivity contribution is 5.82. The molecule has 0 aromatic carbocycles. The van der Waals surface area contributed by atoms with Crippen molar-refractivity contribution in [2.24, 2.45) is 0 Å². The molecule has 0 unspecified atom stereocenters. The molecule has 18 heavy (non-hydrogen) atoms. The molecule has 3 aliphatic rings. The summed E-state index contributed by atoms with van der Waals surface area (Å²) in [6.07, 6.45) is 7.98. The minimum Gasteiger partial charge on any atom is -0.368 e. The Labute approximate surface area is 109 Å². The van der Waals surface area contributed by atoms with E-state index in [0.717, 1.165) is 39.1 Å². The quantitative estimate of drug-likeness (QED) is 0.765. The highest BCUT2D eigenvalue weighted by Gasteiger charge is 2.44. The number of carbonyl (C=O) groups excluding carboxylic acids is 1. The Kier molecular flexibility index (Phi) is 3.57. The molecule has 0 radical (unpaired) electrons. The van der Waals surface area contributed by atoms with E-state index in [-0.39, 0.29) is 17.6 Å². The van der Waals surface area contributed by atoms with Gasteiger partial charge < -0.3 is 15.0 Å². The topological polar surface area (TPSA) is 41.6 Å². The van der Waals surface area contributed by atoms with Gasteiger partial charge in [0.05, 0.1) is 5.54 Å². The number of hydrogen-bond acceptors (Lipinski definition) is 3. The molecule has 1 saturated carbocycles. The first-order valence-corrected chi connectivity index (χ1v) is 7.46. The molecule has 1 amide bonds. The molecule has 4 nitrogen and oxygen atoms in total. The van der Waals surface area contributed by atoms with E-state index in [2.05, 4.69) is 10.2 Å². The van der Waals surface area contributed by atoms with Crippen LogP contribution in [0.3, 0.4) is 0 Å². The average Bonchev–Trinajstić information content (AvgIpc) is 2.93. The molecular weight excluding hydrogens is 228 g/mol. The Bertz CT molecular complexity index is 299. The average molecular weight is 252 g/mol. The maximum atomic E-state index is 12.6. The number of amides is 1. The fraction of sp³-hybridized carbons (Fsp3) is 0.929. The molecule has 0 aromatic heterocycles. The van der Waals surface area contributed by atoms with Crippen molar-refractivity contribution in [3.05, 3.63) is 0 Å². The van der Waals surface area contributed by atoms with Gasteiger partial charge in [0.15, 0.2) is 0 Å². The molecule has 2 saturated heterocycles. The van der Waals surface area contributed by atoms with Crippen molar-refractivity contribution in [2.75, 3.05) is 26.2 Å². The number of ether oxygens (including phenoxy) is 1. The fourth-order valence-corrected chi connectivity index (χ4v) is 3.79. The van der Waals surface area contributed by atoms with E-state index in [4.69, 9.17) is 4.74 Å². The van der Waals surface area contributed by atoms with Crippen molar-refractivity contribution < 1.29 is 9.53 Å². The Morgan fingerprint density at radius 2 is 2.06 bits per heavy atom. The molecule has 0 bridgehead atoms. The van der Waals surface area contributed by atoms with Gasteiger partial charge in [-0.3, -0.25) is 4.79 Å². The van der Waals surface area contributed by atoms with Gasteiger partial charge in [-0.15, -0.1) is 0 Å². The second-order valence-electron chi connectivity index (χ2n) is 5.95. The second kappa shape index (κ2) is 5.17. The molecule has 2 heterocycles. The van der Waals surface area contributed by atoms with Gasteiger partial charge in [0, 0.05) is 26.2 Å². The molecule has 3 rings (SSSR count). The van der Waals surface area contributed by atoms with Crippen LogP contribution >= 0.6 is 0 Å². The largest absolute Gasteiger partial charge is 0.368 e. The molecule has 0 aromatic rings. The monoisotopic (exact) mass is 252 g/mol. The molecule has 1 spiro atoms. The smallest absolute Gasteiger partial charge is 0.252 e. The number of hydrogen-bond donors (Lipinski definition) is 1. The highest BCUT2D eigenvalue weighted by atomic mass is 16.5. The van der Waals surface area contributed by atoms with Crippen LogP contribution in [0.1, 0.15) is 44.9 Å². The molecule has 4 heteroatoms. The summed E-state index contributed by atoms with van der Waals surface area (Å²) in [6.45, 7) is 3.53. The number of rotatable bonds is 1. The Balaban J connectivity index is 1.76. The van der Waals surface area contributed by atoms with E-state index in [9.17, 15) is 4.79 Å². The van der Waals surface area contributed by atoms with Gasteiger partial charge in [0.25, 0.3) is 5.91 Å². The van der Waals surface area contributed by atoms with Gasteiger partial charge in [-0.05, 0) is 25.7 Å². The first kappa shape index (κ1) is 12.4. The van der Waals surface area contributed by atoms with Crippen LogP contribution in [0.25, 0.3) is 0 Å². The molecule has 1 aliphatic carbocycles. The zero-order chi connectivity index (χ0) is 12.4. The van der Waals surface area contributed by atoms with Gasteiger partial charge in [-0.25, -0.2) is 0 Å². The number of nitrogens with zero attached hydrogens (tertiary/aromatic N) is 1. The van der Waals surface area contributed by atoms with Crippen LogP contribution in [0.4, 0.5) is 0 Å². The van der Waals surface area contributed by atoms with Crippen LogP contribution < -0.4 is 5.32 Å². The summed E-state index contributed by atoms with van der Waals surface area (Å²) in [5.74, 6) is 0.260. The van der Waals surface area contributed by atoms with E-state index in [1.165, 1.54) is 32.1 Å². The summed E-state index contributed by atoms with van der Waals surface area (Å²) in [7, 11) is 0. The molecule has 1 atom stereocenters. The molecule has 2 aliphatic heterocycles. The molecule has 102 valence electrons. The van der Waals surface area contributed by atoms with Crippen molar-refractivity contribution in [3.8, 4) is 0 Å². The van der Waals surface area contributed by atoms with Crippen molar-refractivity contribution in [1.29, 1.82) is 0 Å². The fourth-order valence-electron chi connectivity index (χ4n) is 3.79. The van der Waals surface area contributed by atoms with Crippen LogP contribution in [-0.4, -0.2) is 48.7 Å². The predicted octanol–water partition coefficient (Wildman–Crippen LogP) is 1.30. The third kappa shape index (κ3) is 2.16. The van der Waals surface area contributed by atoms with E-state index in [0.29, 0.717) is 0 Å². The molecule has 1 N–H and O–H groups in total. The summed E-state index contributed by atoms with van der Waals surface area (Å²) in [5.41, 5.74) is 0.0968. The second-order valence-corrected chi connectivity index (χ2v) is 5.95. The number of nitrogens with one attached hydrogen (secondary N) is 1. The minimum absolute atomic E-state index is 0.0968. The Morgan fingerprint density at radius 1 is 1.22 bits per heavy atom. The van der Waals surface area contributed by atoms with E-state index in [1.807, 2.05) is 0 Å². The van der Waals surface area contributed by atoms with Gasteiger partial charge in [0.2, 0.25) is 0 Å². The maximum absolute atomic E-state index is 12.6. The van der Waals surface area contributed by atoms with Crippen LogP contribution in [0.5, 0.6) is 0 Å². The summed E-state index contributed by atoms with van der Waals surface area (Å²) in [4.78, 5) is 14.8. The van der Waals surface area contributed by atoms with E-state index < -0.39 is 0 Å². The van der Waals surface area contributed by atoms with Crippen molar-refractivity contribution >= 4 is 5.91 Å². The summed E-state index contributed by atoms with van der Waals surface area (Å²) < 4.78 is 5.59. The van der Waals surface area contributed by atoms with Crippen molar-refractivity contribution in [2.45, 2.75) is 56.6 Å². The van der Waals surface area contributed by atoms with Crippen LogP contribution in [0.15, 0.2) is 0 Å². The van der Waals surface area contributed by atoms with E-state index in [1.54, 1.807) is 0 Å². The van der Waals surface area contributed by atoms with E-state index >= 15 is 0 Å². The van der Waals surface area contributed by atoms with Gasteiger partial charge in [-0.1, -0.05) is 19.3 Å². The van der Waals surface area contributed by atoms with Crippen molar-refractivity contribution in [1.82, 2.24) is 10.2 Å². The standard InChI is InChI=1S/C14H24N2O2/c17-13(12-5-4-10-18-12)16-9-8-15-11-14(16)6-2-1-3-7-14/h12,15H,1-11H2/t12-/m1/s1. The summed E-state index contributed by atoms with van der Waals surface area (Å²) in [5, 5.41) is 3.49. The van der Waals surface area contributed by atoms with Gasteiger partial charge in [-0.2, -0.15) is 0 Å². The summed E-state index contributed by atoms with van der Waals surface area (Å²) in [6, 6.07) is 0. The first-order valence-electron chi connectivity index (χ1n) is 7.46.